The van der Waals surface area contributed by atoms with Crippen LogP contribution in [0.15, 0.2) is 18.2 Å². The van der Waals surface area contributed by atoms with Gasteiger partial charge in [0.25, 0.3) is 0 Å². The van der Waals surface area contributed by atoms with Crippen molar-refractivity contribution in [2.24, 2.45) is 18.7 Å². The Hall–Kier alpha value is -1.06. The number of fused-ring (bicyclic) bond motifs is 1. The SMILES string of the molecule is CC1CCCC(N)(c2nc3ccc(Cl)cc3n2C)C1. The van der Waals surface area contributed by atoms with Gasteiger partial charge >= 0.3 is 0 Å². The summed E-state index contributed by atoms with van der Waals surface area (Å²) in [6.45, 7) is 2.28. The number of benzene rings is 1. The van der Waals surface area contributed by atoms with Crippen LogP contribution in [0.3, 0.4) is 0 Å². The molecule has 3 nitrogen and oxygen atoms in total. The lowest BCUT2D eigenvalue weighted by Gasteiger charge is -2.36. The lowest BCUT2D eigenvalue weighted by molar-refractivity contribution is 0.225. The fourth-order valence-electron chi connectivity index (χ4n) is 3.40. The Morgan fingerprint density at radius 2 is 2.26 bits per heavy atom. The number of aromatic nitrogens is 2. The van der Waals surface area contributed by atoms with Gasteiger partial charge < -0.3 is 10.3 Å². The molecule has 4 heteroatoms. The van der Waals surface area contributed by atoms with Gasteiger partial charge in [0.2, 0.25) is 0 Å². The first-order valence-electron chi connectivity index (χ1n) is 6.91. The van der Waals surface area contributed by atoms with Gasteiger partial charge in [-0.1, -0.05) is 31.4 Å². The van der Waals surface area contributed by atoms with E-state index in [9.17, 15) is 0 Å². The van der Waals surface area contributed by atoms with Crippen molar-refractivity contribution in [2.75, 3.05) is 0 Å². The van der Waals surface area contributed by atoms with Crippen LogP contribution >= 0.6 is 11.6 Å². The summed E-state index contributed by atoms with van der Waals surface area (Å²) >= 11 is 6.07. The molecule has 2 unspecified atom stereocenters. The molecule has 0 bridgehead atoms. The third kappa shape index (κ3) is 2.15. The van der Waals surface area contributed by atoms with Crippen molar-refractivity contribution in [3.63, 3.8) is 0 Å². The Balaban J connectivity index is 2.12. The normalized spacial score (nSPS) is 27.9. The summed E-state index contributed by atoms with van der Waals surface area (Å²) in [6.07, 6.45) is 4.48. The van der Waals surface area contributed by atoms with Crippen molar-refractivity contribution in [3.8, 4) is 0 Å². The van der Waals surface area contributed by atoms with Crippen LogP contribution in [-0.4, -0.2) is 9.55 Å². The summed E-state index contributed by atoms with van der Waals surface area (Å²) in [5.41, 5.74) is 8.40. The second-order valence-corrected chi connectivity index (χ2v) is 6.42. The average molecular weight is 278 g/mol. The van der Waals surface area contributed by atoms with Crippen LogP contribution in [0.2, 0.25) is 5.02 Å². The molecule has 1 saturated carbocycles. The number of halogens is 1. The average Bonchev–Trinajstić information content (AvgIpc) is 2.67. The molecule has 1 heterocycles. The first-order valence-corrected chi connectivity index (χ1v) is 7.29. The lowest BCUT2D eigenvalue weighted by atomic mass is 9.76. The molecule has 1 fully saturated rings. The topological polar surface area (TPSA) is 43.8 Å². The van der Waals surface area contributed by atoms with Crippen molar-refractivity contribution in [3.05, 3.63) is 29.0 Å². The highest BCUT2D eigenvalue weighted by Crippen LogP contribution is 2.38. The second-order valence-electron chi connectivity index (χ2n) is 5.99. The highest BCUT2D eigenvalue weighted by atomic mass is 35.5. The van der Waals surface area contributed by atoms with E-state index >= 15 is 0 Å². The van der Waals surface area contributed by atoms with Gasteiger partial charge in [-0.05, 0) is 37.0 Å². The molecule has 1 aromatic heterocycles. The molecule has 2 atom stereocenters. The highest BCUT2D eigenvalue weighted by Gasteiger charge is 2.36. The summed E-state index contributed by atoms with van der Waals surface area (Å²) in [7, 11) is 2.04. The Morgan fingerprint density at radius 3 is 3.00 bits per heavy atom. The molecule has 19 heavy (non-hydrogen) atoms. The largest absolute Gasteiger partial charge is 0.330 e. The summed E-state index contributed by atoms with van der Waals surface area (Å²) in [5, 5.41) is 0.741. The highest BCUT2D eigenvalue weighted by molar-refractivity contribution is 6.31. The predicted molar refractivity (Wildman–Crippen MR) is 79.2 cm³/mol. The van der Waals surface area contributed by atoms with E-state index in [1.54, 1.807) is 0 Å². The minimum Gasteiger partial charge on any atom is -0.330 e. The van der Waals surface area contributed by atoms with Gasteiger partial charge in [-0.15, -0.1) is 0 Å². The lowest BCUT2D eigenvalue weighted by Crippen LogP contribution is -2.43. The Kier molecular flexibility index (Phi) is 3.06. The molecule has 0 spiro atoms. The van der Waals surface area contributed by atoms with Crippen molar-refractivity contribution in [1.82, 2.24) is 9.55 Å². The maximum Gasteiger partial charge on any atom is 0.129 e. The predicted octanol–water partition coefficient (Wildman–Crippen LogP) is 3.59. The van der Waals surface area contributed by atoms with E-state index in [1.807, 2.05) is 25.2 Å². The molecule has 1 aliphatic rings. The fraction of sp³-hybridized carbons (Fsp3) is 0.533. The molecule has 0 radical (unpaired) electrons. The minimum absolute atomic E-state index is 0.294. The first-order chi connectivity index (χ1) is 8.99. The smallest absolute Gasteiger partial charge is 0.129 e. The molecule has 0 saturated heterocycles. The van der Waals surface area contributed by atoms with E-state index in [4.69, 9.17) is 22.3 Å². The molecule has 2 N–H and O–H groups in total. The van der Waals surface area contributed by atoms with Crippen LogP contribution in [0.5, 0.6) is 0 Å². The van der Waals surface area contributed by atoms with Gasteiger partial charge in [0, 0.05) is 12.1 Å². The number of nitrogens with two attached hydrogens (primary N) is 1. The van der Waals surface area contributed by atoms with Crippen LogP contribution in [0.1, 0.15) is 38.4 Å². The Labute approximate surface area is 118 Å². The van der Waals surface area contributed by atoms with E-state index < -0.39 is 0 Å². The van der Waals surface area contributed by atoms with Crippen molar-refractivity contribution < 1.29 is 0 Å². The zero-order valence-corrected chi connectivity index (χ0v) is 12.2. The second kappa shape index (κ2) is 4.50. The molecule has 102 valence electrons. The molecule has 2 aromatic rings. The molecule has 3 rings (SSSR count). The molecule has 0 amide bonds. The van der Waals surface area contributed by atoms with Crippen LogP contribution in [-0.2, 0) is 12.6 Å². The number of hydrogen-bond acceptors (Lipinski definition) is 2. The van der Waals surface area contributed by atoms with Gasteiger partial charge in [-0.2, -0.15) is 0 Å². The first kappa shape index (κ1) is 12.9. The maximum atomic E-state index is 6.66. The number of aryl methyl sites for hydroxylation is 1. The zero-order chi connectivity index (χ0) is 13.6. The summed E-state index contributed by atoms with van der Waals surface area (Å²) in [6, 6.07) is 5.81. The van der Waals surface area contributed by atoms with E-state index in [-0.39, 0.29) is 5.54 Å². The van der Waals surface area contributed by atoms with Crippen molar-refractivity contribution in [1.29, 1.82) is 0 Å². The van der Waals surface area contributed by atoms with Crippen LogP contribution < -0.4 is 5.73 Å². The fourth-order valence-corrected chi connectivity index (χ4v) is 3.57. The molecule has 0 aliphatic heterocycles. The molecular formula is C15H20ClN3. The molecule has 1 aromatic carbocycles. The van der Waals surface area contributed by atoms with E-state index in [1.165, 1.54) is 12.8 Å². The number of nitrogens with zero attached hydrogens (tertiary/aromatic N) is 2. The summed E-state index contributed by atoms with van der Waals surface area (Å²) in [4.78, 5) is 4.76. The third-order valence-electron chi connectivity index (χ3n) is 4.32. The van der Waals surface area contributed by atoms with E-state index in [2.05, 4.69) is 11.5 Å². The maximum absolute atomic E-state index is 6.66. The minimum atomic E-state index is -0.294. The van der Waals surface area contributed by atoms with Gasteiger partial charge in [0.05, 0.1) is 16.6 Å². The summed E-state index contributed by atoms with van der Waals surface area (Å²) < 4.78 is 2.11. The van der Waals surface area contributed by atoms with Crippen LogP contribution in [0.25, 0.3) is 11.0 Å². The standard InChI is InChI=1S/C15H20ClN3/c1-10-4-3-7-15(17,9-10)14-18-12-6-5-11(16)8-13(12)19(14)2/h5-6,8,10H,3-4,7,9,17H2,1-2H3. The zero-order valence-electron chi connectivity index (χ0n) is 11.5. The van der Waals surface area contributed by atoms with Crippen LogP contribution in [0, 0.1) is 5.92 Å². The third-order valence-corrected chi connectivity index (χ3v) is 4.56. The van der Waals surface area contributed by atoms with Gasteiger partial charge in [-0.25, -0.2) is 4.98 Å². The number of rotatable bonds is 1. The monoisotopic (exact) mass is 277 g/mol. The summed E-state index contributed by atoms with van der Waals surface area (Å²) in [5.74, 6) is 1.67. The molecular weight excluding hydrogens is 258 g/mol. The quantitative estimate of drug-likeness (QED) is 0.866. The van der Waals surface area contributed by atoms with Gasteiger partial charge in [-0.3, -0.25) is 0 Å². The van der Waals surface area contributed by atoms with Crippen molar-refractivity contribution >= 4 is 22.6 Å². The van der Waals surface area contributed by atoms with Crippen LogP contribution in [0.4, 0.5) is 0 Å². The Morgan fingerprint density at radius 1 is 1.47 bits per heavy atom. The van der Waals surface area contributed by atoms with E-state index in [0.717, 1.165) is 34.7 Å². The molecule has 1 aliphatic carbocycles. The number of hydrogen-bond donors (Lipinski definition) is 1. The van der Waals surface area contributed by atoms with E-state index in [0.29, 0.717) is 5.92 Å². The van der Waals surface area contributed by atoms with Gasteiger partial charge in [0.15, 0.2) is 0 Å². The van der Waals surface area contributed by atoms with Gasteiger partial charge in [0.1, 0.15) is 5.82 Å². The number of imidazole rings is 1. The van der Waals surface area contributed by atoms with Crippen molar-refractivity contribution in [2.45, 2.75) is 38.1 Å². The Bertz CT molecular complexity index is 619.